The largest absolute Gasteiger partial charge is 0.508 e. The van der Waals surface area contributed by atoms with Gasteiger partial charge in [0, 0.05) is 11.8 Å². The lowest BCUT2D eigenvalue weighted by atomic mass is 9.85. The van der Waals surface area contributed by atoms with Crippen molar-refractivity contribution in [2.24, 2.45) is 5.73 Å². The van der Waals surface area contributed by atoms with E-state index in [4.69, 9.17) is 5.73 Å². The van der Waals surface area contributed by atoms with E-state index in [0.717, 1.165) is 5.56 Å². The summed E-state index contributed by atoms with van der Waals surface area (Å²) in [6.45, 7) is 0. The minimum atomic E-state index is -0.741. The number of aliphatic hydroxyl groups is 1. The number of nitrogens with two attached hydrogens (primary N) is 1. The third kappa shape index (κ3) is 2.35. The molecule has 0 aliphatic heterocycles. The van der Waals surface area contributed by atoms with Crippen molar-refractivity contribution in [3.05, 3.63) is 83.4 Å². The van der Waals surface area contributed by atoms with Crippen LogP contribution in [0.3, 0.4) is 0 Å². The van der Waals surface area contributed by atoms with Crippen molar-refractivity contribution in [3.63, 3.8) is 0 Å². The fraction of sp³-hybridized carbons (Fsp3) is 0.0588. The Morgan fingerprint density at radius 1 is 1.09 bits per heavy atom. The summed E-state index contributed by atoms with van der Waals surface area (Å²) in [5.41, 5.74) is 18.3. The van der Waals surface area contributed by atoms with E-state index < -0.39 is 6.04 Å². The lowest BCUT2D eigenvalue weighted by Gasteiger charge is -2.19. The van der Waals surface area contributed by atoms with Crippen molar-refractivity contribution >= 4 is 16.9 Å². The third-order valence-corrected chi connectivity index (χ3v) is 3.57. The molecule has 108 valence electrons. The Labute approximate surface area is 127 Å². The second-order valence-electron chi connectivity index (χ2n) is 4.90. The maximum absolute atomic E-state index is 10.4. The zero-order valence-electron chi connectivity index (χ0n) is 11.7. The van der Waals surface area contributed by atoms with Gasteiger partial charge in [-0.1, -0.05) is 36.4 Å². The quantitative estimate of drug-likeness (QED) is 0.656. The molecule has 3 rings (SSSR count). The Kier molecular flexibility index (Phi) is 3.66. The van der Waals surface area contributed by atoms with Crippen LogP contribution in [0.25, 0.3) is 16.7 Å². The summed E-state index contributed by atoms with van der Waals surface area (Å²) in [6, 6.07) is 13.9. The molecule has 0 radical (unpaired) electrons. The van der Waals surface area contributed by atoms with Gasteiger partial charge in [0.05, 0.1) is 11.3 Å². The Balaban J connectivity index is 2.19. The van der Waals surface area contributed by atoms with Crippen LogP contribution in [0, 0.1) is 0 Å². The van der Waals surface area contributed by atoms with E-state index in [9.17, 15) is 10.6 Å². The van der Waals surface area contributed by atoms with E-state index in [1.807, 2.05) is 36.4 Å². The van der Waals surface area contributed by atoms with Crippen molar-refractivity contribution < 1.29 is 9.90 Å². The SMILES string of the molecule is [N-]=[N+]=C1C(c2ccccn2)=CC(O)=C(c2ccccc2)C1N. The topological polar surface area (TPSA) is 95.5 Å². The molecule has 0 saturated carbocycles. The van der Waals surface area contributed by atoms with Crippen LogP contribution in [0.2, 0.25) is 0 Å². The van der Waals surface area contributed by atoms with E-state index in [1.165, 1.54) is 6.08 Å². The first-order valence-electron chi connectivity index (χ1n) is 6.82. The van der Waals surface area contributed by atoms with E-state index in [1.54, 1.807) is 18.3 Å². The normalized spacial score (nSPS) is 18.0. The summed E-state index contributed by atoms with van der Waals surface area (Å²) in [5.74, 6) is 0.0479. The standard InChI is InChI=1S/C17H14N4O/c18-16-15(11-6-2-1-3-7-11)14(22)10-12(17(16)21-19)13-8-4-5-9-20-13/h1-10,16,22H,18H2. The van der Waals surface area contributed by atoms with Crippen LogP contribution in [0.5, 0.6) is 0 Å². The van der Waals surface area contributed by atoms with Gasteiger partial charge in [-0.3, -0.25) is 4.98 Å². The first-order chi connectivity index (χ1) is 10.7. The molecule has 1 unspecified atom stereocenters. The summed E-state index contributed by atoms with van der Waals surface area (Å²) in [4.78, 5) is 7.55. The molecule has 1 aromatic heterocycles. The van der Waals surface area contributed by atoms with Gasteiger partial charge in [-0.05, 0) is 23.8 Å². The number of allylic oxidation sites excluding steroid dienone is 1. The number of benzene rings is 1. The lowest BCUT2D eigenvalue weighted by molar-refractivity contribution is -0.00561. The number of rotatable bonds is 2. The third-order valence-electron chi connectivity index (χ3n) is 3.57. The Morgan fingerprint density at radius 3 is 2.45 bits per heavy atom. The van der Waals surface area contributed by atoms with Gasteiger partial charge < -0.3 is 16.4 Å². The summed E-state index contributed by atoms with van der Waals surface area (Å²) in [6.07, 6.45) is 3.16. The van der Waals surface area contributed by atoms with E-state index in [2.05, 4.69) is 9.77 Å². The number of nitrogens with zero attached hydrogens (tertiary/aromatic N) is 3. The highest BCUT2D eigenvalue weighted by atomic mass is 16.3. The molecule has 0 fully saturated rings. The van der Waals surface area contributed by atoms with Gasteiger partial charge in [0.2, 0.25) is 0 Å². The predicted octanol–water partition coefficient (Wildman–Crippen LogP) is 2.45. The van der Waals surface area contributed by atoms with Gasteiger partial charge in [0.25, 0.3) is 0 Å². The molecule has 3 N–H and O–H groups in total. The fourth-order valence-corrected chi connectivity index (χ4v) is 2.54. The fourth-order valence-electron chi connectivity index (χ4n) is 2.54. The summed E-state index contributed by atoms with van der Waals surface area (Å²) < 4.78 is 0. The molecule has 1 atom stereocenters. The zero-order chi connectivity index (χ0) is 15.5. The van der Waals surface area contributed by atoms with Crippen LogP contribution in [0.1, 0.15) is 11.3 Å². The zero-order valence-corrected chi connectivity index (χ0v) is 11.7. The van der Waals surface area contributed by atoms with Crippen LogP contribution in [0.4, 0.5) is 0 Å². The first-order valence-corrected chi connectivity index (χ1v) is 6.82. The Hall–Kier alpha value is -3.01. The Bertz CT molecular complexity index is 766. The van der Waals surface area contributed by atoms with Gasteiger partial charge in [0.15, 0.2) is 0 Å². The number of aromatic nitrogens is 1. The second-order valence-corrected chi connectivity index (χ2v) is 4.90. The van der Waals surface area contributed by atoms with Gasteiger partial charge in [-0.2, -0.15) is 4.79 Å². The second kappa shape index (κ2) is 5.77. The molecular weight excluding hydrogens is 276 g/mol. The summed E-state index contributed by atoms with van der Waals surface area (Å²) in [7, 11) is 0. The van der Waals surface area contributed by atoms with E-state index in [-0.39, 0.29) is 11.5 Å². The average molecular weight is 290 g/mol. The highest BCUT2D eigenvalue weighted by Gasteiger charge is 2.35. The number of pyridine rings is 1. The van der Waals surface area contributed by atoms with Crippen LogP contribution < -0.4 is 5.73 Å². The number of aliphatic hydroxyl groups excluding tert-OH is 1. The van der Waals surface area contributed by atoms with E-state index in [0.29, 0.717) is 16.8 Å². The molecule has 0 bridgehead atoms. The van der Waals surface area contributed by atoms with Crippen molar-refractivity contribution in [1.82, 2.24) is 4.98 Å². The molecule has 1 heterocycles. The van der Waals surface area contributed by atoms with Crippen molar-refractivity contribution in [1.29, 1.82) is 0 Å². The molecule has 1 aliphatic carbocycles. The molecule has 1 aromatic carbocycles. The molecule has 5 nitrogen and oxygen atoms in total. The number of hydrogen-bond donors (Lipinski definition) is 2. The average Bonchev–Trinajstić information content (AvgIpc) is 2.56. The highest BCUT2D eigenvalue weighted by Crippen LogP contribution is 2.31. The van der Waals surface area contributed by atoms with Crippen molar-refractivity contribution in [2.75, 3.05) is 0 Å². The van der Waals surface area contributed by atoms with Gasteiger partial charge >= 0.3 is 5.71 Å². The maximum atomic E-state index is 10.4. The molecule has 1 aliphatic rings. The van der Waals surface area contributed by atoms with Crippen molar-refractivity contribution in [2.45, 2.75) is 6.04 Å². The first kappa shape index (κ1) is 13.9. The summed E-state index contributed by atoms with van der Waals surface area (Å²) >= 11 is 0. The molecule has 2 aromatic rings. The molecule has 5 heteroatoms. The summed E-state index contributed by atoms with van der Waals surface area (Å²) in [5, 5.41) is 10.4. The monoisotopic (exact) mass is 290 g/mol. The van der Waals surface area contributed by atoms with Crippen molar-refractivity contribution in [3.8, 4) is 0 Å². The van der Waals surface area contributed by atoms with E-state index >= 15 is 0 Å². The minimum Gasteiger partial charge on any atom is -0.508 e. The van der Waals surface area contributed by atoms with Crippen LogP contribution >= 0.6 is 0 Å². The van der Waals surface area contributed by atoms with Crippen LogP contribution in [0.15, 0.2) is 66.6 Å². The van der Waals surface area contributed by atoms with Gasteiger partial charge in [-0.15, -0.1) is 0 Å². The number of hydrogen-bond acceptors (Lipinski definition) is 3. The highest BCUT2D eigenvalue weighted by molar-refractivity contribution is 6.28. The molecule has 22 heavy (non-hydrogen) atoms. The van der Waals surface area contributed by atoms with Crippen LogP contribution in [-0.2, 0) is 0 Å². The molecule has 0 saturated heterocycles. The van der Waals surface area contributed by atoms with Gasteiger partial charge in [0.1, 0.15) is 11.8 Å². The van der Waals surface area contributed by atoms with Gasteiger partial charge in [-0.25, -0.2) is 0 Å². The smallest absolute Gasteiger partial charge is 0.322 e. The molecule has 0 amide bonds. The molecular formula is C17H14N4O. The minimum absolute atomic E-state index is 0.0479. The Morgan fingerprint density at radius 2 is 1.82 bits per heavy atom. The van der Waals surface area contributed by atoms with Crippen LogP contribution in [-0.4, -0.2) is 26.6 Å². The lowest BCUT2D eigenvalue weighted by Crippen LogP contribution is -2.36. The predicted molar refractivity (Wildman–Crippen MR) is 84.8 cm³/mol. The molecule has 0 spiro atoms. The maximum Gasteiger partial charge on any atom is 0.322 e.